The lowest BCUT2D eigenvalue weighted by atomic mass is 10.1. The number of nitrogens with zero attached hydrogens (tertiary/aromatic N) is 1. The molecule has 1 saturated heterocycles. The second-order valence-electron chi connectivity index (χ2n) is 8.01. The molecule has 1 unspecified atom stereocenters. The van der Waals surface area contributed by atoms with E-state index in [2.05, 4.69) is 0 Å². The summed E-state index contributed by atoms with van der Waals surface area (Å²) in [6.07, 6.45) is 7.09. The fraction of sp³-hybridized carbons (Fsp3) is 0.667. The fourth-order valence-electron chi connectivity index (χ4n) is 3.81. The van der Waals surface area contributed by atoms with Gasteiger partial charge >= 0.3 is 0 Å². The van der Waals surface area contributed by atoms with Crippen LogP contribution in [0.3, 0.4) is 0 Å². The minimum atomic E-state index is -0.177. The summed E-state index contributed by atoms with van der Waals surface area (Å²) in [6, 6.07) is 7.01. The van der Waals surface area contributed by atoms with E-state index in [1.807, 2.05) is 0 Å². The topological polar surface area (TPSA) is 74.3 Å². The van der Waals surface area contributed by atoms with Crippen LogP contribution in [0.15, 0.2) is 24.3 Å². The van der Waals surface area contributed by atoms with Gasteiger partial charge < -0.3 is 18.9 Å². The molecular weight excluding hydrogens is 398 g/mol. The van der Waals surface area contributed by atoms with Crippen LogP contribution in [0.25, 0.3) is 0 Å². The van der Waals surface area contributed by atoms with Crippen LogP contribution in [0.4, 0.5) is 0 Å². The van der Waals surface area contributed by atoms with Gasteiger partial charge in [-0.05, 0) is 57.1 Å². The first-order chi connectivity index (χ1) is 15.3. The predicted octanol–water partition coefficient (Wildman–Crippen LogP) is 3.46. The van der Waals surface area contributed by atoms with E-state index in [1.54, 1.807) is 24.3 Å². The summed E-state index contributed by atoms with van der Waals surface area (Å²) in [4.78, 5) is 25.9. The van der Waals surface area contributed by atoms with Crippen LogP contribution in [0.1, 0.15) is 65.7 Å². The van der Waals surface area contributed by atoms with Crippen LogP contribution in [0, 0.1) is 0 Å². The van der Waals surface area contributed by atoms with Crippen molar-refractivity contribution in [2.24, 2.45) is 0 Å². The molecule has 0 radical (unpaired) electrons. The highest BCUT2D eigenvalue weighted by molar-refractivity contribution is 6.21. The molecule has 31 heavy (non-hydrogen) atoms. The lowest BCUT2D eigenvalue weighted by molar-refractivity contribution is -0.0518. The van der Waals surface area contributed by atoms with E-state index in [4.69, 9.17) is 18.9 Å². The predicted molar refractivity (Wildman–Crippen MR) is 116 cm³/mol. The van der Waals surface area contributed by atoms with E-state index in [-0.39, 0.29) is 17.9 Å². The van der Waals surface area contributed by atoms with Gasteiger partial charge in [0.25, 0.3) is 11.8 Å². The summed E-state index contributed by atoms with van der Waals surface area (Å²) in [6.45, 7) is 5.43. The Kier molecular flexibility index (Phi) is 10.4. The highest BCUT2D eigenvalue weighted by Crippen LogP contribution is 2.22. The Hall–Kier alpha value is -1.80. The average Bonchev–Trinajstić information content (AvgIpc) is 3.05. The lowest BCUT2D eigenvalue weighted by Crippen LogP contribution is -2.30. The number of unbranched alkanes of at least 4 members (excludes halogenated alkanes) is 3. The van der Waals surface area contributed by atoms with E-state index in [1.165, 1.54) is 4.90 Å². The van der Waals surface area contributed by atoms with Crippen molar-refractivity contribution in [1.29, 1.82) is 0 Å². The van der Waals surface area contributed by atoms with Crippen molar-refractivity contribution in [1.82, 2.24) is 4.90 Å². The lowest BCUT2D eigenvalue weighted by Gasteiger charge is -2.22. The standard InChI is InChI=1S/C24H35NO6/c26-23-21-10-2-3-11-22(21)24(27)25(23)12-4-1-5-13-28-17-18-29-14-6-7-16-31-20-9-8-15-30-19-20/h2-3,10-11,20H,1,4-9,12-19H2. The van der Waals surface area contributed by atoms with Crippen LogP contribution in [-0.4, -0.2) is 75.6 Å². The number of hydrogen-bond donors (Lipinski definition) is 0. The zero-order valence-electron chi connectivity index (χ0n) is 18.4. The maximum Gasteiger partial charge on any atom is 0.261 e. The third kappa shape index (κ3) is 7.68. The zero-order chi connectivity index (χ0) is 21.7. The summed E-state index contributed by atoms with van der Waals surface area (Å²) in [5, 5.41) is 0. The van der Waals surface area contributed by atoms with Crippen molar-refractivity contribution < 1.29 is 28.5 Å². The molecule has 172 valence electrons. The van der Waals surface area contributed by atoms with E-state index >= 15 is 0 Å². The third-order valence-electron chi connectivity index (χ3n) is 5.58. The fourth-order valence-corrected chi connectivity index (χ4v) is 3.81. The number of benzene rings is 1. The van der Waals surface area contributed by atoms with E-state index < -0.39 is 0 Å². The Balaban J connectivity index is 1.09. The third-order valence-corrected chi connectivity index (χ3v) is 5.58. The molecule has 0 bridgehead atoms. The van der Waals surface area contributed by atoms with Crippen molar-refractivity contribution in [3.8, 4) is 0 Å². The second-order valence-corrected chi connectivity index (χ2v) is 8.01. The molecule has 2 aliphatic heterocycles. The Morgan fingerprint density at radius 2 is 1.48 bits per heavy atom. The minimum absolute atomic E-state index is 0.177. The van der Waals surface area contributed by atoms with E-state index in [0.29, 0.717) is 37.5 Å². The van der Waals surface area contributed by atoms with Crippen LogP contribution in [0.5, 0.6) is 0 Å². The Labute approximate surface area is 185 Å². The van der Waals surface area contributed by atoms with Crippen molar-refractivity contribution in [3.63, 3.8) is 0 Å². The van der Waals surface area contributed by atoms with Crippen molar-refractivity contribution >= 4 is 11.8 Å². The molecule has 2 amide bonds. The van der Waals surface area contributed by atoms with Gasteiger partial charge in [-0.25, -0.2) is 0 Å². The molecule has 3 rings (SSSR count). The van der Waals surface area contributed by atoms with Gasteiger partial charge in [0.1, 0.15) is 0 Å². The normalized spacial score (nSPS) is 18.6. The number of ether oxygens (including phenoxy) is 4. The quantitative estimate of drug-likeness (QED) is 0.312. The van der Waals surface area contributed by atoms with Gasteiger partial charge in [0, 0.05) is 33.0 Å². The average molecular weight is 434 g/mol. The second kappa shape index (κ2) is 13.6. The monoisotopic (exact) mass is 433 g/mol. The summed E-state index contributed by atoms with van der Waals surface area (Å²) in [7, 11) is 0. The molecule has 1 aromatic rings. The van der Waals surface area contributed by atoms with Crippen LogP contribution >= 0.6 is 0 Å². The number of carbonyl (C=O) groups excluding carboxylic acids is 2. The molecule has 0 spiro atoms. The summed E-state index contributed by atoms with van der Waals surface area (Å²) in [5.41, 5.74) is 1.03. The van der Waals surface area contributed by atoms with E-state index in [9.17, 15) is 9.59 Å². The maximum absolute atomic E-state index is 12.3. The molecule has 1 atom stereocenters. The van der Waals surface area contributed by atoms with Crippen LogP contribution in [0.2, 0.25) is 0 Å². The highest BCUT2D eigenvalue weighted by atomic mass is 16.5. The number of carbonyl (C=O) groups is 2. The molecule has 1 fully saturated rings. The van der Waals surface area contributed by atoms with Gasteiger partial charge in [-0.1, -0.05) is 12.1 Å². The Morgan fingerprint density at radius 3 is 2.13 bits per heavy atom. The number of imide groups is 1. The molecular formula is C24H35NO6. The molecule has 7 heteroatoms. The van der Waals surface area contributed by atoms with E-state index in [0.717, 1.165) is 71.4 Å². The Bertz CT molecular complexity index is 653. The smallest absolute Gasteiger partial charge is 0.261 e. The summed E-state index contributed by atoms with van der Waals surface area (Å²) in [5.74, 6) is -0.355. The number of rotatable bonds is 15. The molecule has 1 aromatic carbocycles. The molecule has 0 aromatic heterocycles. The highest BCUT2D eigenvalue weighted by Gasteiger charge is 2.34. The molecule has 0 aliphatic carbocycles. The van der Waals surface area contributed by atoms with Gasteiger partial charge in [0.05, 0.1) is 37.1 Å². The van der Waals surface area contributed by atoms with Gasteiger partial charge in [-0.15, -0.1) is 0 Å². The maximum atomic E-state index is 12.3. The first-order valence-corrected chi connectivity index (χ1v) is 11.6. The summed E-state index contributed by atoms with van der Waals surface area (Å²) >= 11 is 0. The zero-order valence-corrected chi connectivity index (χ0v) is 18.4. The first kappa shape index (κ1) is 23.9. The van der Waals surface area contributed by atoms with Crippen LogP contribution in [-0.2, 0) is 18.9 Å². The van der Waals surface area contributed by atoms with Crippen LogP contribution < -0.4 is 0 Å². The molecule has 0 N–H and O–H groups in total. The molecule has 7 nitrogen and oxygen atoms in total. The summed E-state index contributed by atoms with van der Waals surface area (Å²) < 4.78 is 22.4. The van der Waals surface area contributed by atoms with Crippen molar-refractivity contribution in [2.45, 2.75) is 51.0 Å². The first-order valence-electron chi connectivity index (χ1n) is 11.6. The van der Waals surface area contributed by atoms with Crippen molar-refractivity contribution in [3.05, 3.63) is 35.4 Å². The molecule has 2 heterocycles. The number of fused-ring (bicyclic) bond motifs is 1. The SMILES string of the molecule is O=C1c2ccccc2C(=O)N1CCCCCOCCOCCCCOC1CCCOC1. The van der Waals surface area contributed by atoms with Gasteiger partial charge in [0.15, 0.2) is 0 Å². The Morgan fingerprint density at radius 1 is 0.839 bits per heavy atom. The largest absolute Gasteiger partial charge is 0.379 e. The molecule has 2 aliphatic rings. The van der Waals surface area contributed by atoms with Gasteiger partial charge in [-0.2, -0.15) is 0 Å². The minimum Gasteiger partial charge on any atom is -0.379 e. The molecule has 0 saturated carbocycles. The van der Waals surface area contributed by atoms with Gasteiger partial charge in [0.2, 0.25) is 0 Å². The number of amides is 2. The van der Waals surface area contributed by atoms with Gasteiger partial charge in [-0.3, -0.25) is 14.5 Å². The van der Waals surface area contributed by atoms with Crippen molar-refractivity contribution in [2.75, 3.05) is 52.8 Å². The number of hydrogen-bond acceptors (Lipinski definition) is 6.